The number of rotatable bonds is 4. The molecule has 1 aromatic carbocycles. The van der Waals surface area contributed by atoms with Crippen LogP contribution in [0.3, 0.4) is 0 Å². The van der Waals surface area contributed by atoms with Crippen LogP contribution in [0.15, 0.2) is 35.1 Å². The van der Waals surface area contributed by atoms with Crippen molar-refractivity contribution in [3.05, 3.63) is 46.3 Å². The molecule has 5 nitrogen and oxygen atoms in total. The minimum atomic E-state index is -0.206. The average Bonchev–Trinajstić information content (AvgIpc) is 2.41. The van der Waals surface area contributed by atoms with Crippen molar-refractivity contribution in [3.63, 3.8) is 0 Å². The molecule has 0 saturated heterocycles. The molecule has 2 N–H and O–H groups in total. The number of aryl methyl sites for hydroxylation is 1. The summed E-state index contributed by atoms with van der Waals surface area (Å²) >= 11 is 3.43. The number of nitrogens with zero attached hydrogens (tertiary/aromatic N) is 2. The van der Waals surface area contributed by atoms with Gasteiger partial charge in [0.2, 0.25) is 0 Å². The number of carbonyl (C=O) groups is 1. The van der Waals surface area contributed by atoms with Crippen molar-refractivity contribution < 1.29 is 4.79 Å². The van der Waals surface area contributed by atoms with Gasteiger partial charge in [0, 0.05) is 22.3 Å². The van der Waals surface area contributed by atoms with E-state index in [1.165, 1.54) is 6.33 Å². The van der Waals surface area contributed by atoms with E-state index in [2.05, 4.69) is 36.5 Å². The van der Waals surface area contributed by atoms with E-state index in [4.69, 9.17) is 0 Å². The van der Waals surface area contributed by atoms with Crippen LogP contribution >= 0.6 is 15.9 Å². The molecule has 2 aromatic rings. The van der Waals surface area contributed by atoms with Crippen LogP contribution in [-0.2, 0) is 0 Å². The number of nitrogens with one attached hydrogen (secondary N) is 2. The molecule has 2 rings (SSSR count). The van der Waals surface area contributed by atoms with Crippen molar-refractivity contribution in [2.24, 2.45) is 0 Å². The Hall–Kier alpha value is -1.95. The molecular formula is C15H17BrN4O. The van der Waals surface area contributed by atoms with Crippen molar-refractivity contribution in [2.75, 3.05) is 5.32 Å². The summed E-state index contributed by atoms with van der Waals surface area (Å²) in [6.45, 7) is 5.81. The third kappa shape index (κ3) is 4.26. The summed E-state index contributed by atoms with van der Waals surface area (Å²) in [6, 6.07) is 7.62. The first kappa shape index (κ1) is 15.4. The maximum absolute atomic E-state index is 11.9. The molecule has 0 aliphatic heterocycles. The minimum Gasteiger partial charge on any atom is -0.349 e. The van der Waals surface area contributed by atoms with Gasteiger partial charge in [-0.05, 0) is 44.5 Å². The van der Waals surface area contributed by atoms with Crippen LogP contribution in [-0.4, -0.2) is 21.9 Å². The molecule has 6 heteroatoms. The number of amides is 1. The van der Waals surface area contributed by atoms with E-state index < -0.39 is 0 Å². The number of hydrogen-bond acceptors (Lipinski definition) is 4. The van der Waals surface area contributed by atoms with Crippen molar-refractivity contribution in [1.29, 1.82) is 0 Å². The number of benzene rings is 1. The zero-order valence-corrected chi connectivity index (χ0v) is 13.7. The molecule has 0 aliphatic rings. The fourth-order valence-corrected chi connectivity index (χ4v) is 2.27. The van der Waals surface area contributed by atoms with Crippen LogP contribution in [0.2, 0.25) is 0 Å². The molecule has 1 aromatic heterocycles. The highest BCUT2D eigenvalue weighted by molar-refractivity contribution is 9.10. The van der Waals surface area contributed by atoms with Crippen molar-refractivity contribution in [3.8, 4) is 0 Å². The number of aromatic nitrogens is 2. The van der Waals surface area contributed by atoms with Crippen molar-refractivity contribution in [1.82, 2.24) is 15.3 Å². The molecule has 110 valence electrons. The van der Waals surface area contributed by atoms with Gasteiger partial charge in [-0.15, -0.1) is 0 Å². The number of carbonyl (C=O) groups excluding carboxylic acids is 1. The molecular weight excluding hydrogens is 332 g/mol. The zero-order valence-electron chi connectivity index (χ0n) is 12.1. The summed E-state index contributed by atoms with van der Waals surface area (Å²) < 4.78 is 1.02. The molecule has 0 bridgehead atoms. The SMILES string of the molecule is Cc1cc(Br)ccc1Nc1cc(C(=O)NC(C)C)ncn1. The summed E-state index contributed by atoms with van der Waals surface area (Å²) in [7, 11) is 0. The van der Waals surface area contributed by atoms with Gasteiger partial charge in [0.05, 0.1) is 0 Å². The Kier molecular flexibility index (Phi) is 4.90. The van der Waals surface area contributed by atoms with E-state index in [-0.39, 0.29) is 11.9 Å². The zero-order chi connectivity index (χ0) is 15.4. The first-order chi connectivity index (χ1) is 9.95. The van der Waals surface area contributed by atoms with E-state index in [0.29, 0.717) is 11.5 Å². The normalized spacial score (nSPS) is 10.5. The second kappa shape index (κ2) is 6.67. The Morgan fingerprint density at radius 1 is 1.24 bits per heavy atom. The van der Waals surface area contributed by atoms with Crippen LogP contribution in [0, 0.1) is 6.92 Å². The summed E-state index contributed by atoms with van der Waals surface area (Å²) in [4.78, 5) is 20.1. The molecule has 0 saturated carbocycles. The predicted molar refractivity (Wildman–Crippen MR) is 86.8 cm³/mol. The van der Waals surface area contributed by atoms with Gasteiger partial charge in [0.1, 0.15) is 17.8 Å². The Morgan fingerprint density at radius 3 is 2.67 bits per heavy atom. The fourth-order valence-electron chi connectivity index (χ4n) is 1.79. The standard InChI is InChI=1S/C15H17BrN4O/c1-9(2)19-15(21)13-7-14(18-8-17-13)20-12-5-4-11(16)6-10(12)3/h4-9H,1-3H3,(H,19,21)(H,17,18,20). The third-order valence-corrected chi connectivity index (χ3v) is 3.26. The lowest BCUT2D eigenvalue weighted by Gasteiger charge is -2.11. The quantitative estimate of drug-likeness (QED) is 0.888. The molecule has 0 fully saturated rings. The molecule has 0 unspecified atom stereocenters. The van der Waals surface area contributed by atoms with Gasteiger partial charge in [-0.2, -0.15) is 0 Å². The summed E-state index contributed by atoms with van der Waals surface area (Å²) in [5.74, 6) is 0.382. The second-order valence-electron chi connectivity index (χ2n) is 5.00. The average molecular weight is 349 g/mol. The molecule has 0 atom stereocenters. The van der Waals surface area contributed by atoms with Crippen LogP contribution < -0.4 is 10.6 Å². The predicted octanol–water partition coefficient (Wildman–Crippen LogP) is 3.43. The highest BCUT2D eigenvalue weighted by Gasteiger charge is 2.10. The number of hydrogen-bond donors (Lipinski definition) is 2. The van der Waals surface area contributed by atoms with E-state index >= 15 is 0 Å². The van der Waals surface area contributed by atoms with Gasteiger partial charge in [-0.3, -0.25) is 4.79 Å². The number of anilines is 2. The lowest BCUT2D eigenvalue weighted by atomic mass is 10.2. The van der Waals surface area contributed by atoms with E-state index in [1.54, 1.807) is 6.07 Å². The van der Waals surface area contributed by atoms with Crippen molar-refractivity contribution >= 4 is 33.3 Å². The number of halogens is 1. The van der Waals surface area contributed by atoms with Crippen molar-refractivity contribution in [2.45, 2.75) is 26.8 Å². The summed E-state index contributed by atoms with van der Waals surface area (Å²) in [5.41, 5.74) is 2.36. The molecule has 0 aliphatic carbocycles. The fraction of sp³-hybridized carbons (Fsp3) is 0.267. The maximum Gasteiger partial charge on any atom is 0.270 e. The molecule has 1 amide bonds. The van der Waals surface area contributed by atoms with E-state index in [1.807, 2.05) is 39.0 Å². The lowest BCUT2D eigenvalue weighted by Crippen LogP contribution is -2.30. The highest BCUT2D eigenvalue weighted by atomic mass is 79.9. The Bertz CT molecular complexity index is 658. The Labute approximate surface area is 132 Å². The van der Waals surface area contributed by atoms with Crippen LogP contribution in [0.1, 0.15) is 29.9 Å². The van der Waals surface area contributed by atoms with Gasteiger partial charge in [-0.1, -0.05) is 15.9 Å². The summed E-state index contributed by atoms with van der Waals surface area (Å²) in [6.07, 6.45) is 1.38. The van der Waals surface area contributed by atoms with Gasteiger partial charge in [0.15, 0.2) is 0 Å². The van der Waals surface area contributed by atoms with Crippen LogP contribution in [0.25, 0.3) is 0 Å². The summed E-state index contributed by atoms with van der Waals surface area (Å²) in [5, 5.41) is 6.00. The lowest BCUT2D eigenvalue weighted by molar-refractivity contribution is 0.0938. The smallest absolute Gasteiger partial charge is 0.270 e. The molecule has 21 heavy (non-hydrogen) atoms. The Morgan fingerprint density at radius 2 is 2.00 bits per heavy atom. The largest absolute Gasteiger partial charge is 0.349 e. The Balaban J connectivity index is 2.19. The monoisotopic (exact) mass is 348 g/mol. The van der Waals surface area contributed by atoms with Gasteiger partial charge in [-0.25, -0.2) is 9.97 Å². The molecule has 1 heterocycles. The maximum atomic E-state index is 11.9. The molecule has 0 spiro atoms. The topological polar surface area (TPSA) is 66.9 Å². The van der Waals surface area contributed by atoms with E-state index in [0.717, 1.165) is 15.7 Å². The minimum absolute atomic E-state index is 0.0672. The van der Waals surface area contributed by atoms with Gasteiger partial charge >= 0.3 is 0 Å². The second-order valence-corrected chi connectivity index (χ2v) is 5.92. The van der Waals surface area contributed by atoms with Crippen LogP contribution in [0.4, 0.5) is 11.5 Å². The van der Waals surface area contributed by atoms with Gasteiger partial charge in [0.25, 0.3) is 5.91 Å². The van der Waals surface area contributed by atoms with E-state index in [9.17, 15) is 4.79 Å². The van der Waals surface area contributed by atoms with Gasteiger partial charge < -0.3 is 10.6 Å². The first-order valence-electron chi connectivity index (χ1n) is 6.62. The first-order valence-corrected chi connectivity index (χ1v) is 7.41. The van der Waals surface area contributed by atoms with Crippen LogP contribution in [0.5, 0.6) is 0 Å². The highest BCUT2D eigenvalue weighted by Crippen LogP contribution is 2.22. The third-order valence-electron chi connectivity index (χ3n) is 2.77. The molecule has 0 radical (unpaired) electrons.